The summed E-state index contributed by atoms with van der Waals surface area (Å²) >= 11 is 0. The minimum Gasteiger partial charge on any atom is -0.481 e. The summed E-state index contributed by atoms with van der Waals surface area (Å²) in [7, 11) is 2.00. The van der Waals surface area contributed by atoms with Crippen molar-refractivity contribution in [2.45, 2.75) is 52.6 Å². The predicted octanol–water partition coefficient (Wildman–Crippen LogP) is 2.22. The van der Waals surface area contributed by atoms with Crippen molar-refractivity contribution in [1.82, 2.24) is 4.90 Å². The van der Waals surface area contributed by atoms with E-state index < -0.39 is 5.97 Å². The van der Waals surface area contributed by atoms with Gasteiger partial charge < -0.3 is 10.0 Å². The van der Waals surface area contributed by atoms with Crippen LogP contribution in [-0.4, -0.2) is 35.1 Å². The van der Waals surface area contributed by atoms with Gasteiger partial charge in [-0.25, -0.2) is 0 Å². The van der Waals surface area contributed by atoms with Crippen LogP contribution in [0.1, 0.15) is 40.5 Å². The summed E-state index contributed by atoms with van der Waals surface area (Å²) in [6.45, 7) is 8.49. The molecule has 0 amide bonds. The molecule has 0 saturated carbocycles. The first-order valence-electron chi connectivity index (χ1n) is 5.28. The Kier molecular flexibility index (Phi) is 5.77. The molecule has 0 aromatic heterocycles. The zero-order valence-corrected chi connectivity index (χ0v) is 9.95. The van der Waals surface area contributed by atoms with Crippen LogP contribution >= 0.6 is 0 Å². The molecule has 0 fully saturated rings. The van der Waals surface area contributed by atoms with Crippen molar-refractivity contribution in [3.8, 4) is 0 Å². The van der Waals surface area contributed by atoms with E-state index in [1.165, 1.54) is 0 Å². The Balaban J connectivity index is 4.02. The normalized spacial score (nSPS) is 15.9. The van der Waals surface area contributed by atoms with Gasteiger partial charge in [0, 0.05) is 12.1 Å². The van der Waals surface area contributed by atoms with Gasteiger partial charge in [-0.3, -0.25) is 4.79 Å². The van der Waals surface area contributed by atoms with E-state index in [2.05, 4.69) is 25.7 Å². The second kappa shape index (κ2) is 6.02. The van der Waals surface area contributed by atoms with Crippen LogP contribution in [0.25, 0.3) is 0 Å². The van der Waals surface area contributed by atoms with Crippen LogP contribution in [0, 0.1) is 5.92 Å². The number of rotatable bonds is 6. The van der Waals surface area contributed by atoms with Crippen LogP contribution in [0.5, 0.6) is 0 Å². The second-order valence-corrected chi connectivity index (χ2v) is 4.59. The summed E-state index contributed by atoms with van der Waals surface area (Å²) in [6.07, 6.45) is 1.33. The van der Waals surface area contributed by atoms with Crippen molar-refractivity contribution in [2.24, 2.45) is 5.92 Å². The van der Waals surface area contributed by atoms with Crippen LogP contribution < -0.4 is 0 Å². The number of hydrogen-bond donors (Lipinski definition) is 1. The highest BCUT2D eigenvalue weighted by atomic mass is 16.4. The first kappa shape index (κ1) is 13.4. The van der Waals surface area contributed by atoms with Crippen molar-refractivity contribution in [1.29, 1.82) is 0 Å². The molecule has 0 bridgehead atoms. The molecule has 84 valence electrons. The number of carboxylic acids is 1. The standard InChI is InChI=1S/C11H23NO2/c1-8(2)6-9(3)12(5)10(4)7-11(13)14/h8-10H,6-7H2,1-5H3,(H,13,14). The third kappa shape index (κ3) is 5.22. The van der Waals surface area contributed by atoms with Gasteiger partial charge in [-0.05, 0) is 33.2 Å². The largest absolute Gasteiger partial charge is 0.481 e. The maximum atomic E-state index is 10.5. The Morgan fingerprint density at radius 2 is 1.71 bits per heavy atom. The monoisotopic (exact) mass is 201 g/mol. The summed E-state index contributed by atoms with van der Waals surface area (Å²) in [4.78, 5) is 12.7. The zero-order valence-electron chi connectivity index (χ0n) is 9.95. The lowest BCUT2D eigenvalue weighted by Crippen LogP contribution is -2.38. The Hall–Kier alpha value is -0.570. The first-order valence-corrected chi connectivity index (χ1v) is 5.28. The summed E-state index contributed by atoms with van der Waals surface area (Å²) in [5.74, 6) is -0.0643. The minimum atomic E-state index is -0.721. The van der Waals surface area contributed by atoms with Crippen molar-refractivity contribution in [2.75, 3.05) is 7.05 Å². The Bertz CT molecular complexity index is 180. The van der Waals surface area contributed by atoms with Gasteiger partial charge >= 0.3 is 5.97 Å². The highest BCUT2D eigenvalue weighted by molar-refractivity contribution is 5.67. The third-order valence-corrected chi connectivity index (χ3v) is 2.67. The van der Waals surface area contributed by atoms with Crippen LogP contribution in [0.2, 0.25) is 0 Å². The van der Waals surface area contributed by atoms with E-state index in [9.17, 15) is 4.79 Å². The predicted molar refractivity (Wildman–Crippen MR) is 58.4 cm³/mol. The summed E-state index contributed by atoms with van der Waals surface area (Å²) < 4.78 is 0. The molecule has 0 aliphatic carbocycles. The van der Waals surface area contributed by atoms with E-state index in [0.717, 1.165) is 6.42 Å². The Labute approximate surface area is 87.1 Å². The van der Waals surface area contributed by atoms with Gasteiger partial charge in [0.25, 0.3) is 0 Å². The van der Waals surface area contributed by atoms with Crippen molar-refractivity contribution in [3.05, 3.63) is 0 Å². The van der Waals surface area contributed by atoms with Crippen LogP contribution in [0.3, 0.4) is 0 Å². The Morgan fingerprint density at radius 1 is 1.21 bits per heavy atom. The van der Waals surface area contributed by atoms with Gasteiger partial charge in [-0.2, -0.15) is 0 Å². The summed E-state index contributed by atoms with van der Waals surface area (Å²) in [5, 5.41) is 8.67. The molecular weight excluding hydrogens is 178 g/mol. The molecule has 0 rings (SSSR count). The van der Waals surface area contributed by atoms with E-state index >= 15 is 0 Å². The summed E-state index contributed by atoms with van der Waals surface area (Å²) in [5.41, 5.74) is 0. The number of carbonyl (C=O) groups is 1. The highest BCUT2D eigenvalue weighted by Gasteiger charge is 2.18. The van der Waals surface area contributed by atoms with Crippen molar-refractivity contribution in [3.63, 3.8) is 0 Å². The average molecular weight is 201 g/mol. The minimum absolute atomic E-state index is 0.112. The fourth-order valence-corrected chi connectivity index (χ4v) is 1.68. The second-order valence-electron chi connectivity index (χ2n) is 4.59. The number of hydrogen-bond acceptors (Lipinski definition) is 2. The molecule has 0 aromatic rings. The lowest BCUT2D eigenvalue weighted by atomic mass is 10.0. The molecule has 14 heavy (non-hydrogen) atoms. The van der Waals surface area contributed by atoms with Crippen LogP contribution in [-0.2, 0) is 4.79 Å². The average Bonchev–Trinajstić information content (AvgIpc) is 2.00. The molecule has 0 radical (unpaired) electrons. The van der Waals surface area contributed by atoms with Gasteiger partial charge in [0.2, 0.25) is 0 Å². The van der Waals surface area contributed by atoms with Gasteiger partial charge in [0.15, 0.2) is 0 Å². The van der Waals surface area contributed by atoms with Crippen molar-refractivity contribution >= 4 is 5.97 Å². The van der Waals surface area contributed by atoms with Gasteiger partial charge in [0.1, 0.15) is 0 Å². The topological polar surface area (TPSA) is 40.5 Å². The van der Waals surface area contributed by atoms with Gasteiger partial charge in [0.05, 0.1) is 6.42 Å². The lowest BCUT2D eigenvalue weighted by molar-refractivity contribution is -0.138. The number of carboxylic acid groups (broad SMARTS) is 1. The molecule has 1 N–H and O–H groups in total. The molecule has 0 spiro atoms. The van der Waals surface area contributed by atoms with Crippen molar-refractivity contribution < 1.29 is 9.90 Å². The SMILES string of the molecule is CC(C)CC(C)N(C)C(C)CC(=O)O. The fourth-order valence-electron chi connectivity index (χ4n) is 1.68. The van der Waals surface area contributed by atoms with Crippen LogP contribution in [0.15, 0.2) is 0 Å². The maximum absolute atomic E-state index is 10.5. The van der Waals surface area contributed by atoms with E-state index in [1.54, 1.807) is 0 Å². The van der Waals surface area contributed by atoms with Crippen LogP contribution in [0.4, 0.5) is 0 Å². The van der Waals surface area contributed by atoms with Gasteiger partial charge in [-0.15, -0.1) is 0 Å². The molecule has 0 aliphatic rings. The molecule has 0 saturated heterocycles. The highest BCUT2D eigenvalue weighted by Crippen LogP contribution is 2.13. The number of nitrogens with zero attached hydrogens (tertiary/aromatic N) is 1. The quantitative estimate of drug-likeness (QED) is 0.716. The Morgan fingerprint density at radius 3 is 2.07 bits per heavy atom. The molecule has 3 heteroatoms. The van der Waals surface area contributed by atoms with Gasteiger partial charge in [-0.1, -0.05) is 13.8 Å². The zero-order chi connectivity index (χ0) is 11.3. The molecule has 0 aromatic carbocycles. The molecule has 0 heterocycles. The summed E-state index contributed by atoms with van der Waals surface area (Å²) in [6, 6.07) is 0.561. The smallest absolute Gasteiger partial charge is 0.304 e. The van der Waals surface area contributed by atoms with E-state index in [1.807, 2.05) is 14.0 Å². The lowest BCUT2D eigenvalue weighted by Gasteiger charge is -2.31. The molecule has 3 nitrogen and oxygen atoms in total. The first-order chi connectivity index (χ1) is 6.34. The number of aliphatic carboxylic acids is 1. The fraction of sp³-hybridized carbons (Fsp3) is 0.909. The molecular formula is C11H23NO2. The molecule has 0 aliphatic heterocycles. The molecule has 2 unspecified atom stereocenters. The van der Waals surface area contributed by atoms with E-state index in [0.29, 0.717) is 12.0 Å². The maximum Gasteiger partial charge on any atom is 0.304 e. The van der Waals surface area contributed by atoms with E-state index in [4.69, 9.17) is 5.11 Å². The van der Waals surface area contributed by atoms with E-state index in [-0.39, 0.29) is 12.5 Å². The molecule has 2 atom stereocenters. The third-order valence-electron chi connectivity index (χ3n) is 2.67.